The van der Waals surface area contributed by atoms with Crippen molar-refractivity contribution in [2.45, 2.75) is 37.8 Å². The topological polar surface area (TPSA) is 202 Å². The first-order valence-corrected chi connectivity index (χ1v) is 18.3. The van der Waals surface area contributed by atoms with E-state index in [9.17, 15) is 28.4 Å². The highest BCUT2D eigenvalue weighted by Gasteiger charge is 2.35. The molecule has 4 fully saturated rings. The van der Waals surface area contributed by atoms with Crippen LogP contribution in [0.5, 0.6) is 0 Å². The largest absolute Gasteiger partial charge is 0.366 e. The first kappa shape index (κ1) is 37.7. The lowest BCUT2D eigenvalue weighted by molar-refractivity contribution is -0.134. The van der Waals surface area contributed by atoms with Gasteiger partial charge in [-0.3, -0.25) is 24.5 Å². The van der Waals surface area contributed by atoms with E-state index in [0.29, 0.717) is 69.3 Å². The number of aromatic nitrogens is 3. The fourth-order valence-electron chi connectivity index (χ4n) is 7.13. The first-order chi connectivity index (χ1) is 26.9. The summed E-state index contributed by atoms with van der Waals surface area (Å²) in [4.78, 5) is 74.5. The van der Waals surface area contributed by atoms with Crippen LogP contribution in [0.4, 0.5) is 36.7 Å². The van der Waals surface area contributed by atoms with Crippen molar-refractivity contribution in [2.24, 2.45) is 5.73 Å². The molecule has 17 nitrogen and oxygen atoms in total. The minimum atomic E-state index is -0.926. The summed E-state index contributed by atoms with van der Waals surface area (Å²) in [6.45, 7) is 4.29. The maximum atomic E-state index is 15.6. The number of rotatable bonds is 8. The maximum Gasteiger partial charge on any atom is 0.320 e. The summed E-state index contributed by atoms with van der Waals surface area (Å²) in [6.07, 6.45) is 1.87. The average molecular weight is 771 g/mol. The van der Waals surface area contributed by atoms with Gasteiger partial charge in [0.05, 0.1) is 17.3 Å². The van der Waals surface area contributed by atoms with Crippen molar-refractivity contribution in [1.29, 1.82) is 0 Å². The van der Waals surface area contributed by atoms with Crippen molar-refractivity contribution in [3.05, 3.63) is 64.9 Å². The van der Waals surface area contributed by atoms with Crippen LogP contribution < -0.4 is 31.5 Å². The normalized spacial score (nSPS) is 20.1. The number of piperidine rings is 2. The fraction of sp³-hybridized carbons (Fsp3) is 0.405. The summed E-state index contributed by atoms with van der Waals surface area (Å²) < 4.78 is 30.4. The second-order valence-corrected chi connectivity index (χ2v) is 14.0. The summed E-state index contributed by atoms with van der Waals surface area (Å²) in [7, 11) is 1.78. The third-order valence-corrected chi connectivity index (χ3v) is 10.2. The molecule has 0 spiro atoms. The number of halogens is 2. The van der Waals surface area contributed by atoms with Crippen molar-refractivity contribution in [1.82, 2.24) is 40.5 Å². The molecule has 5 N–H and O–H groups in total. The van der Waals surface area contributed by atoms with Crippen LogP contribution in [-0.4, -0.2) is 131 Å². The molecule has 1 aromatic heterocycles. The van der Waals surface area contributed by atoms with Crippen LogP contribution in [0.2, 0.25) is 0 Å². The number of carbonyl (C=O) groups is 5. The molecule has 0 saturated carbocycles. The van der Waals surface area contributed by atoms with Gasteiger partial charge in [-0.1, -0.05) is 0 Å². The number of primary amides is 1. The molecule has 19 heteroatoms. The van der Waals surface area contributed by atoms with Crippen LogP contribution in [0.25, 0.3) is 0 Å². The standard InChI is InChI=1S/C37H40F2N12O5/c1-47-13-18-51(37(47)56)24-3-2-11-50(21-24)36-44-33(31(32(40)53)45-46-36)41-23-5-8-29(27(39)20-23)49-16-14-48(15-17-49)12-10-22-4-6-25(26(38)19-22)34(54)42-28-7-9-30(52)43-35(28)55/h4-6,8,19-20,24,28H,2-3,7,9,11,13-18,21H2,1H3,(H2,40,53)(H,42,54)(H,41,44,46)(H,43,52,55). The molecule has 56 heavy (non-hydrogen) atoms. The molecule has 4 saturated heterocycles. The van der Waals surface area contributed by atoms with E-state index < -0.39 is 41.3 Å². The predicted octanol–water partition coefficient (Wildman–Crippen LogP) is 0.995. The number of benzene rings is 2. The molecular weight excluding hydrogens is 730 g/mol. The van der Waals surface area contributed by atoms with E-state index in [-0.39, 0.29) is 47.9 Å². The number of nitrogens with one attached hydrogen (secondary N) is 3. The smallest absolute Gasteiger partial charge is 0.320 e. The van der Waals surface area contributed by atoms with Gasteiger partial charge in [-0.25, -0.2) is 13.6 Å². The number of amides is 6. The van der Waals surface area contributed by atoms with E-state index in [1.807, 2.05) is 19.6 Å². The number of piperazine rings is 1. The fourth-order valence-corrected chi connectivity index (χ4v) is 7.13. The van der Waals surface area contributed by atoms with E-state index in [1.165, 1.54) is 18.2 Å². The summed E-state index contributed by atoms with van der Waals surface area (Å²) in [5, 5.41) is 15.8. The van der Waals surface area contributed by atoms with E-state index in [4.69, 9.17) is 5.73 Å². The Bertz CT molecular complexity index is 2140. The number of hydrogen-bond donors (Lipinski definition) is 4. The number of hydrogen-bond acceptors (Lipinski definition) is 12. The van der Waals surface area contributed by atoms with Crippen LogP contribution in [0.3, 0.4) is 0 Å². The number of anilines is 4. The van der Waals surface area contributed by atoms with Crippen LogP contribution in [0.15, 0.2) is 36.4 Å². The lowest BCUT2D eigenvalue weighted by Crippen LogP contribution is -2.52. The molecule has 3 aromatic rings. The van der Waals surface area contributed by atoms with E-state index in [0.717, 1.165) is 18.9 Å². The number of urea groups is 1. The summed E-state index contributed by atoms with van der Waals surface area (Å²) in [6, 6.07) is 10.5. The Kier molecular flexibility index (Phi) is 10.8. The predicted molar refractivity (Wildman–Crippen MR) is 199 cm³/mol. The number of likely N-dealkylation sites (N-methyl/N-ethyl adjacent to an activating group) is 1. The van der Waals surface area contributed by atoms with Gasteiger partial charge in [-0.2, -0.15) is 4.98 Å². The van der Waals surface area contributed by atoms with Gasteiger partial charge in [-0.15, -0.1) is 10.2 Å². The highest BCUT2D eigenvalue weighted by Crippen LogP contribution is 2.28. The van der Waals surface area contributed by atoms with Gasteiger partial charge < -0.3 is 40.9 Å². The molecule has 292 valence electrons. The molecule has 4 aliphatic rings. The Balaban J connectivity index is 0.952. The molecule has 0 radical (unpaired) electrons. The van der Waals surface area contributed by atoms with Crippen LogP contribution in [0.1, 0.15) is 52.1 Å². The van der Waals surface area contributed by atoms with Crippen molar-refractivity contribution in [2.75, 3.05) is 74.5 Å². The Hall–Kier alpha value is -6.58. The highest BCUT2D eigenvalue weighted by atomic mass is 19.1. The van der Waals surface area contributed by atoms with Crippen molar-refractivity contribution in [3.63, 3.8) is 0 Å². The van der Waals surface area contributed by atoms with E-state index in [1.54, 1.807) is 24.1 Å². The van der Waals surface area contributed by atoms with Gasteiger partial charge >= 0.3 is 6.03 Å². The first-order valence-electron chi connectivity index (χ1n) is 18.3. The molecule has 7 rings (SSSR count). The lowest BCUT2D eigenvalue weighted by Gasteiger charge is -2.37. The minimum absolute atomic E-state index is 0.0136. The Morgan fingerprint density at radius 3 is 2.43 bits per heavy atom. The summed E-state index contributed by atoms with van der Waals surface area (Å²) >= 11 is 0. The van der Waals surface area contributed by atoms with Gasteiger partial charge in [-0.05, 0) is 61.6 Å². The van der Waals surface area contributed by atoms with E-state index >= 15 is 4.39 Å². The lowest BCUT2D eigenvalue weighted by atomic mass is 10.0. The van der Waals surface area contributed by atoms with Crippen molar-refractivity contribution >= 4 is 52.8 Å². The molecule has 0 bridgehead atoms. The second kappa shape index (κ2) is 16.0. The number of nitrogens with two attached hydrogens (primary N) is 1. The van der Waals surface area contributed by atoms with Gasteiger partial charge in [0.15, 0.2) is 11.5 Å². The van der Waals surface area contributed by atoms with Gasteiger partial charge in [0.1, 0.15) is 17.7 Å². The molecular formula is C37H40F2N12O5. The Morgan fingerprint density at radius 1 is 0.929 bits per heavy atom. The maximum absolute atomic E-state index is 15.6. The third kappa shape index (κ3) is 8.23. The molecule has 2 aromatic carbocycles. The van der Waals surface area contributed by atoms with Crippen LogP contribution in [0, 0.1) is 23.6 Å². The molecule has 5 heterocycles. The highest BCUT2D eigenvalue weighted by molar-refractivity contribution is 6.04. The van der Waals surface area contributed by atoms with Crippen LogP contribution >= 0.6 is 0 Å². The molecule has 4 aliphatic heterocycles. The molecule has 6 amide bonds. The number of carbonyl (C=O) groups excluding carboxylic acids is 5. The summed E-state index contributed by atoms with van der Waals surface area (Å²) in [5.41, 5.74) is 6.16. The van der Waals surface area contributed by atoms with E-state index in [2.05, 4.69) is 43.1 Å². The van der Waals surface area contributed by atoms with Gasteiger partial charge in [0.25, 0.3) is 11.8 Å². The molecule has 2 unspecified atom stereocenters. The zero-order valence-corrected chi connectivity index (χ0v) is 30.6. The minimum Gasteiger partial charge on any atom is -0.366 e. The van der Waals surface area contributed by atoms with Gasteiger partial charge in [0.2, 0.25) is 17.8 Å². The van der Waals surface area contributed by atoms with Crippen LogP contribution in [-0.2, 0) is 9.59 Å². The van der Waals surface area contributed by atoms with Crippen molar-refractivity contribution in [3.8, 4) is 12.0 Å². The monoisotopic (exact) mass is 770 g/mol. The SMILES string of the molecule is CN1CCN(C2CCCN(c3nnc(C(N)=O)c(Nc4ccc(N5CCN(C#Cc6ccc(C(=O)NC7CCC(=O)NC7=O)c(F)c6)CC5)c(F)c4)n3)C2)C1=O. The number of imide groups is 1. The summed E-state index contributed by atoms with van der Waals surface area (Å²) in [5.74, 6) is -0.789. The molecule has 2 atom stereocenters. The van der Waals surface area contributed by atoms with Crippen molar-refractivity contribution < 1.29 is 32.8 Å². The average Bonchev–Trinajstić information content (AvgIpc) is 3.52. The zero-order valence-electron chi connectivity index (χ0n) is 30.6. The molecule has 0 aliphatic carbocycles. The second-order valence-electron chi connectivity index (χ2n) is 14.0. The third-order valence-electron chi connectivity index (χ3n) is 10.2. The van der Waals surface area contributed by atoms with Gasteiger partial charge in [0, 0.05) is 83.1 Å². The Morgan fingerprint density at radius 2 is 1.73 bits per heavy atom. The Labute approximate surface area is 320 Å². The zero-order chi connectivity index (χ0) is 39.5. The quantitative estimate of drug-likeness (QED) is 0.187. The number of nitrogens with zero attached hydrogens (tertiary/aromatic N) is 8.